The van der Waals surface area contributed by atoms with Crippen molar-refractivity contribution in [3.63, 3.8) is 0 Å². The number of pyridine rings is 1. The lowest BCUT2D eigenvalue weighted by molar-refractivity contribution is -0.114. The zero-order chi connectivity index (χ0) is 23.3. The summed E-state index contributed by atoms with van der Waals surface area (Å²) >= 11 is 0. The van der Waals surface area contributed by atoms with Crippen molar-refractivity contribution < 1.29 is 18.0 Å². The standard InChI is InChI=1S/C24H27N3O4S/c1-15-9-10-19-17(11-15)12-18(22(25-19)27-14-16(2)13-24(27,3)4)23(29)26-32(30,31)21-8-6-5-7-20(21)28/h5-6,8-12,16H,7,13-14H2,1-4H3,(H,26,29)/t16-/m0/s1. The molecule has 1 N–H and O–H groups in total. The highest BCUT2D eigenvalue weighted by Crippen LogP contribution is 2.38. The molecule has 7 nitrogen and oxygen atoms in total. The Hall–Kier alpha value is -3.00. The number of ketones is 1. The summed E-state index contributed by atoms with van der Waals surface area (Å²) in [6.07, 6.45) is 5.21. The van der Waals surface area contributed by atoms with Gasteiger partial charge >= 0.3 is 0 Å². The highest BCUT2D eigenvalue weighted by atomic mass is 32.2. The minimum atomic E-state index is -4.31. The monoisotopic (exact) mass is 453 g/mol. The summed E-state index contributed by atoms with van der Waals surface area (Å²) in [5, 5.41) is 0.747. The number of aromatic nitrogens is 1. The van der Waals surface area contributed by atoms with Crippen LogP contribution in [-0.2, 0) is 14.8 Å². The van der Waals surface area contributed by atoms with Crippen molar-refractivity contribution >= 4 is 38.4 Å². The minimum absolute atomic E-state index is 0.0111. The highest BCUT2D eigenvalue weighted by molar-refractivity contribution is 7.95. The maximum atomic E-state index is 13.3. The van der Waals surface area contributed by atoms with Crippen LogP contribution in [0, 0.1) is 12.8 Å². The van der Waals surface area contributed by atoms with Gasteiger partial charge in [-0.1, -0.05) is 30.7 Å². The Kier molecular flexibility index (Phi) is 5.45. The van der Waals surface area contributed by atoms with Crippen molar-refractivity contribution in [3.05, 3.63) is 58.5 Å². The van der Waals surface area contributed by atoms with E-state index in [2.05, 4.69) is 30.4 Å². The summed E-state index contributed by atoms with van der Waals surface area (Å²) in [4.78, 5) is 31.8. The van der Waals surface area contributed by atoms with Crippen LogP contribution in [0.4, 0.5) is 5.82 Å². The van der Waals surface area contributed by atoms with Gasteiger partial charge in [0.15, 0.2) is 5.78 Å². The molecule has 1 aromatic carbocycles. The van der Waals surface area contributed by atoms with Crippen molar-refractivity contribution in [2.24, 2.45) is 5.92 Å². The molecule has 1 amide bonds. The second-order valence-electron chi connectivity index (χ2n) is 9.31. The van der Waals surface area contributed by atoms with Crippen LogP contribution >= 0.6 is 0 Å². The number of hydrogen-bond acceptors (Lipinski definition) is 6. The molecule has 1 aromatic heterocycles. The van der Waals surface area contributed by atoms with Crippen LogP contribution in [0.1, 0.15) is 49.5 Å². The number of allylic oxidation sites excluding steroid dienone is 4. The molecule has 1 saturated heterocycles. The molecule has 1 fully saturated rings. The number of Topliss-reactive ketones (excluding diaryl/α,β-unsaturated/α-hetero) is 1. The maximum Gasteiger partial charge on any atom is 0.268 e. The van der Waals surface area contributed by atoms with E-state index in [4.69, 9.17) is 4.98 Å². The molecule has 0 bridgehead atoms. The highest BCUT2D eigenvalue weighted by Gasteiger charge is 2.39. The van der Waals surface area contributed by atoms with E-state index >= 15 is 0 Å². The van der Waals surface area contributed by atoms with Gasteiger partial charge in [0.1, 0.15) is 10.7 Å². The van der Waals surface area contributed by atoms with Crippen LogP contribution in [-0.4, -0.2) is 37.2 Å². The van der Waals surface area contributed by atoms with Crippen LogP contribution in [0.2, 0.25) is 0 Å². The van der Waals surface area contributed by atoms with Gasteiger partial charge in [-0.25, -0.2) is 18.1 Å². The number of amides is 1. The van der Waals surface area contributed by atoms with Crippen molar-refractivity contribution in [2.75, 3.05) is 11.4 Å². The van der Waals surface area contributed by atoms with Crippen LogP contribution in [0.5, 0.6) is 0 Å². The first kappa shape index (κ1) is 22.2. The molecular weight excluding hydrogens is 426 g/mol. The smallest absolute Gasteiger partial charge is 0.268 e. The number of rotatable bonds is 4. The minimum Gasteiger partial charge on any atom is -0.351 e. The second-order valence-corrected chi connectivity index (χ2v) is 11.0. The molecule has 2 aliphatic rings. The number of nitrogens with zero attached hydrogens (tertiary/aromatic N) is 2. The predicted octanol–water partition coefficient (Wildman–Crippen LogP) is 3.64. The number of carbonyl (C=O) groups is 2. The molecule has 168 valence electrons. The van der Waals surface area contributed by atoms with Crippen LogP contribution < -0.4 is 9.62 Å². The van der Waals surface area contributed by atoms with Gasteiger partial charge in [-0.2, -0.15) is 0 Å². The molecule has 32 heavy (non-hydrogen) atoms. The number of fused-ring (bicyclic) bond motifs is 1. The topological polar surface area (TPSA) is 96.4 Å². The Labute approximate surface area is 188 Å². The number of anilines is 1. The van der Waals surface area contributed by atoms with Gasteiger partial charge in [-0.15, -0.1) is 0 Å². The fourth-order valence-electron chi connectivity index (χ4n) is 4.61. The van der Waals surface area contributed by atoms with Gasteiger partial charge in [0.2, 0.25) is 0 Å². The van der Waals surface area contributed by atoms with Crippen molar-refractivity contribution in [1.82, 2.24) is 9.71 Å². The molecule has 2 heterocycles. The van der Waals surface area contributed by atoms with Gasteiger partial charge < -0.3 is 4.90 Å². The third-order valence-electron chi connectivity index (χ3n) is 6.00. The van der Waals surface area contributed by atoms with Crippen LogP contribution in [0.15, 0.2) is 47.4 Å². The first-order valence-corrected chi connectivity index (χ1v) is 12.1. The van der Waals surface area contributed by atoms with E-state index in [1.807, 2.05) is 25.1 Å². The average Bonchev–Trinajstić information content (AvgIpc) is 2.98. The first-order valence-electron chi connectivity index (χ1n) is 10.6. The van der Waals surface area contributed by atoms with E-state index < -0.39 is 26.6 Å². The number of carbonyl (C=O) groups excluding carboxylic acids is 2. The molecule has 1 atom stereocenters. The number of benzene rings is 1. The zero-order valence-electron chi connectivity index (χ0n) is 18.7. The van der Waals surface area contributed by atoms with Crippen LogP contribution in [0.3, 0.4) is 0 Å². The lowest BCUT2D eigenvalue weighted by Gasteiger charge is -2.34. The summed E-state index contributed by atoms with van der Waals surface area (Å²) in [6.45, 7) is 8.98. The Morgan fingerprint density at radius 1 is 1.25 bits per heavy atom. The molecule has 0 spiro atoms. The molecular formula is C24H27N3O4S. The van der Waals surface area contributed by atoms with Gasteiger partial charge in [0, 0.05) is 23.9 Å². The number of nitrogens with one attached hydrogen (secondary N) is 1. The Morgan fingerprint density at radius 3 is 2.66 bits per heavy atom. The summed E-state index contributed by atoms with van der Waals surface area (Å²) in [7, 11) is -4.31. The van der Waals surface area contributed by atoms with Gasteiger partial charge in [0.05, 0.1) is 11.1 Å². The molecule has 1 aliphatic heterocycles. The maximum absolute atomic E-state index is 13.3. The van der Waals surface area contributed by atoms with Crippen molar-refractivity contribution in [1.29, 1.82) is 0 Å². The third kappa shape index (κ3) is 4.07. The fourth-order valence-corrected chi connectivity index (χ4v) is 5.72. The SMILES string of the molecule is Cc1ccc2nc(N3C[C@@H](C)CC3(C)C)c(C(=O)NS(=O)(=O)C3=CC=CCC3=O)cc2c1. The van der Waals surface area contributed by atoms with Crippen molar-refractivity contribution in [2.45, 2.75) is 46.1 Å². The quantitative estimate of drug-likeness (QED) is 0.759. The third-order valence-corrected chi connectivity index (χ3v) is 7.40. The van der Waals surface area contributed by atoms with Crippen LogP contribution in [0.25, 0.3) is 10.9 Å². The summed E-state index contributed by atoms with van der Waals surface area (Å²) in [6, 6.07) is 7.45. The molecule has 4 rings (SSSR count). The fraction of sp³-hybridized carbons (Fsp3) is 0.375. The first-order chi connectivity index (χ1) is 15.0. The Balaban J connectivity index is 1.81. The molecule has 2 aromatic rings. The number of aryl methyl sites for hydroxylation is 1. The van der Waals surface area contributed by atoms with Gasteiger partial charge in [-0.05, 0) is 57.4 Å². The van der Waals surface area contributed by atoms with E-state index in [0.29, 0.717) is 18.3 Å². The lowest BCUT2D eigenvalue weighted by atomic mass is 9.97. The van der Waals surface area contributed by atoms with Crippen molar-refractivity contribution in [3.8, 4) is 0 Å². The average molecular weight is 454 g/mol. The van der Waals surface area contributed by atoms with Gasteiger partial charge in [-0.3, -0.25) is 9.59 Å². The summed E-state index contributed by atoms with van der Waals surface area (Å²) in [5.74, 6) is -0.492. The normalized spacial score (nSPS) is 20.5. The van der Waals surface area contributed by atoms with E-state index in [-0.39, 0.29) is 17.5 Å². The van der Waals surface area contributed by atoms with E-state index in [0.717, 1.165) is 22.9 Å². The van der Waals surface area contributed by atoms with E-state index in [1.54, 1.807) is 12.1 Å². The molecule has 0 unspecified atom stereocenters. The molecule has 0 saturated carbocycles. The second kappa shape index (κ2) is 7.85. The number of sulfonamides is 1. The van der Waals surface area contributed by atoms with E-state index in [1.165, 1.54) is 12.2 Å². The Bertz CT molecular complexity index is 1290. The molecule has 8 heteroatoms. The number of hydrogen-bond donors (Lipinski definition) is 1. The summed E-state index contributed by atoms with van der Waals surface area (Å²) < 4.78 is 27.7. The molecule has 0 radical (unpaired) electrons. The largest absolute Gasteiger partial charge is 0.351 e. The van der Waals surface area contributed by atoms with Gasteiger partial charge in [0.25, 0.3) is 15.9 Å². The molecule has 1 aliphatic carbocycles. The lowest BCUT2D eigenvalue weighted by Crippen LogP contribution is -2.41. The summed E-state index contributed by atoms with van der Waals surface area (Å²) in [5.41, 5.74) is 1.67. The predicted molar refractivity (Wildman–Crippen MR) is 125 cm³/mol. The zero-order valence-corrected chi connectivity index (χ0v) is 19.5. The Morgan fingerprint density at radius 2 is 2.00 bits per heavy atom. The van der Waals surface area contributed by atoms with E-state index in [9.17, 15) is 18.0 Å².